The molecule has 0 rings (SSSR count). The Labute approximate surface area is 141 Å². The zero-order valence-corrected chi connectivity index (χ0v) is 17.1. The largest absolute Gasteiger partial charge is 0.386 e. The Hall–Kier alpha value is -0.460. The van der Waals surface area contributed by atoms with Gasteiger partial charge >= 0.3 is 0 Å². The smallest absolute Gasteiger partial charge is 0.0234 e. The maximum absolute atomic E-state index is 4.18. The summed E-state index contributed by atoms with van der Waals surface area (Å²) < 4.78 is 0. The van der Waals surface area contributed by atoms with Gasteiger partial charge in [0.05, 0.1) is 0 Å². The fourth-order valence-electron chi connectivity index (χ4n) is 3.52. The van der Waals surface area contributed by atoms with E-state index in [9.17, 15) is 0 Å². The van der Waals surface area contributed by atoms with Crippen LogP contribution in [0.2, 0.25) is 0 Å². The lowest BCUT2D eigenvalue weighted by atomic mass is 9.65. The first-order valence-corrected chi connectivity index (χ1v) is 9.22. The topological polar surface area (TPSA) is 12.0 Å². The molecular formula is C21H43N. The molecule has 1 heteroatoms. The molecule has 0 radical (unpaired) electrons. The summed E-state index contributed by atoms with van der Waals surface area (Å²) in [4.78, 5) is 0. The highest BCUT2D eigenvalue weighted by atomic mass is 14.9. The van der Waals surface area contributed by atoms with Gasteiger partial charge in [0.25, 0.3) is 0 Å². The van der Waals surface area contributed by atoms with Crippen LogP contribution in [-0.4, -0.2) is 6.04 Å². The van der Waals surface area contributed by atoms with Crippen molar-refractivity contribution < 1.29 is 0 Å². The van der Waals surface area contributed by atoms with Crippen LogP contribution in [0.25, 0.3) is 0 Å². The van der Waals surface area contributed by atoms with E-state index >= 15 is 0 Å². The van der Waals surface area contributed by atoms with Crippen molar-refractivity contribution in [3.05, 3.63) is 12.3 Å². The standard InChI is InChI=1S/C21H43N/c1-15(2)12-18(6)22-19(7)14-20(8,9)13-17(5)21(10,11)16(3)4/h15-17,19,22H,6,12-14H2,1-5,7-11H3. The molecule has 0 aliphatic rings. The van der Waals surface area contributed by atoms with Gasteiger partial charge in [-0.1, -0.05) is 68.9 Å². The monoisotopic (exact) mass is 309 g/mol. The van der Waals surface area contributed by atoms with E-state index in [2.05, 4.69) is 81.1 Å². The van der Waals surface area contributed by atoms with E-state index < -0.39 is 0 Å². The summed E-state index contributed by atoms with van der Waals surface area (Å²) in [5.41, 5.74) is 1.94. The predicted octanol–water partition coefficient (Wildman–Crippen LogP) is 6.65. The lowest BCUT2D eigenvalue weighted by Crippen LogP contribution is -2.35. The molecule has 0 fully saturated rings. The molecule has 132 valence electrons. The Balaban J connectivity index is 4.54. The van der Waals surface area contributed by atoms with Crippen LogP contribution in [0.3, 0.4) is 0 Å². The van der Waals surface area contributed by atoms with Crippen molar-refractivity contribution >= 4 is 0 Å². The summed E-state index contributed by atoms with van der Waals surface area (Å²) in [6.45, 7) is 27.8. The molecule has 0 spiro atoms. The number of allylic oxidation sites excluding steroid dienone is 1. The molecule has 22 heavy (non-hydrogen) atoms. The van der Waals surface area contributed by atoms with Crippen molar-refractivity contribution in [1.82, 2.24) is 5.32 Å². The Morgan fingerprint density at radius 3 is 1.82 bits per heavy atom. The second-order valence-corrected chi connectivity index (χ2v) is 9.70. The van der Waals surface area contributed by atoms with E-state index in [1.54, 1.807) is 0 Å². The minimum absolute atomic E-state index is 0.357. The lowest BCUT2D eigenvalue weighted by molar-refractivity contribution is 0.0965. The van der Waals surface area contributed by atoms with Gasteiger partial charge in [-0.3, -0.25) is 0 Å². The Bertz CT molecular complexity index is 336. The molecule has 0 aliphatic carbocycles. The van der Waals surface area contributed by atoms with Crippen LogP contribution >= 0.6 is 0 Å². The van der Waals surface area contributed by atoms with Gasteiger partial charge in [-0.15, -0.1) is 0 Å². The summed E-state index contributed by atoms with van der Waals surface area (Å²) in [6.07, 6.45) is 3.55. The van der Waals surface area contributed by atoms with Crippen LogP contribution in [0.15, 0.2) is 12.3 Å². The van der Waals surface area contributed by atoms with E-state index in [0.717, 1.165) is 18.3 Å². The third-order valence-corrected chi connectivity index (χ3v) is 5.58. The summed E-state index contributed by atoms with van der Waals surface area (Å²) in [5, 5.41) is 3.61. The van der Waals surface area contributed by atoms with Gasteiger partial charge in [-0.2, -0.15) is 0 Å². The van der Waals surface area contributed by atoms with Crippen molar-refractivity contribution in [2.45, 2.75) is 94.5 Å². The summed E-state index contributed by atoms with van der Waals surface area (Å²) in [5.74, 6) is 2.13. The molecule has 1 nitrogen and oxygen atoms in total. The van der Waals surface area contributed by atoms with Gasteiger partial charge in [-0.05, 0) is 54.8 Å². The summed E-state index contributed by atoms with van der Waals surface area (Å²) in [7, 11) is 0. The van der Waals surface area contributed by atoms with E-state index in [0.29, 0.717) is 22.8 Å². The number of rotatable bonds is 10. The number of nitrogens with one attached hydrogen (secondary N) is 1. The molecular weight excluding hydrogens is 266 g/mol. The zero-order chi connectivity index (χ0) is 17.7. The first kappa shape index (κ1) is 21.5. The van der Waals surface area contributed by atoms with Gasteiger partial charge < -0.3 is 5.32 Å². The minimum Gasteiger partial charge on any atom is -0.386 e. The van der Waals surface area contributed by atoms with Crippen molar-refractivity contribution in [1.29, 1.82) is 0 Å². The zero-order valence-electron chi connectivity index (χ0n) is 17.1. The van der Waals surface area contributed by atoms with Gasteiger partial charge in [0.1, 0.15) is 0 Å². The third kappa shape index (κ3) is 7.70. The molecule has 2 atom stereocenters. The van der Waals surface area contributed by atoms with E-state index in [1.165, 1.54) is 18.5 Å². The minimum atomic E-state index is 0.357. The molecule has 0 heterocycles. The predicted molar refractivity (Wildman–Crippen MR) is 102 cm³/mol. The molecule has 0 bridgehead atoms. The van der Waals surface area contributed by atoms with Crippen LogP contribution in [0.4, 0.5) is 0 Å². The van der Waals surface area contributed by atoms with Gasteiger partial charge in [0.2, 0.25) is 0 Å². The van der Waals surface area contributed by atoms with Crippen molar-refractivity contribution in [2.75, 3.05) is 0 Å². The molecule has 0 amide bonds. The highest BCUT2D eigenvalue weighted by Gasteiger charge is 2.34. The molecule has 1 N–H and O–H groups in total. The van der Waals surface area contributed by atoms with Crippen LogP contribution in [0.1, 0.15) is 88.5 Å². The highest BCUT2D eigenvalue weighted by Crippen LogP contribution is 2.42. The van der Waals surface area contributed by atoms with Crippen molar-refractivity contribution in [2.24, 2.45) is 28.6 Å². The number of hydrogen-bond acceptors (Lipinski definition) is 1. The van der Waals surface area contributed by atoms with Gasteiger partial charge in [0.15, 0.2) is 0 Å². The maximum Gasteiger partial charge on any atom is 0.0234 e. The second-order valence-electron chi connectivity index (χ2n) is 9.70. The maximum atomic E-state index is 4.18. The normalized spacial score (nSPS) is 16.0. The van der Waals surface area contributed by atoms with Crippen LogP contribution in [-0.2, 0) is 0 Å². The Kier molecular flexibility index (Phi) is 8.23. The third-order valence-electron chi connectivity index (χ3n) is 5.58. The summed E-state index contributed by atoms with van der Waals surface area (Å²) >= 11 is 0. The highest BCUT2D eigenvalue weighted by molar-refractivity contribution is 4.95. The summed E-state index contributed by atoms with van der Waals surface area (Å²) in [6, 6.07) is 0.496. The lowest BCUT2D eigenvalue weighted by Gasteiger charge is -2.41. The molecule has 0 saturated carbocycles. The SMILES string of the molecule is C=C(CC(C)C)NC(C)CC(C)(C)CC(C)C(C)(C)C(C)C. The quantitative estimate of drug-likeness (QED) is 0.476. The molecule has 0 aromatic carbocycles. The van der Waals surface area contributed by atoms with E-state index in [1.807, 2.05) is 0 Å². The van der Waals surface area contributed by atoms with Crippen LogP contribution in [0.5, 0.6) is 0 Å². The molecule has 0 aliphatic heterocycles. The Morgan fingerprint density at radius 2 is 1.41 bits per heavy atom. The average molecular weight is 310 g/mol. The van der Waals surface area contributed by atoms with Gasteiger partial charge in [0, 0.05) is 11.7 Å². The molecule has 0 aromatic heterocycles. The Morgan fingerprint density at radius 1 is 0.909 bits per heavy atom. The molecule has 0 saturated heterocycles. The van der Waals surface area contributed by atoms with E-state index in [-0.39, 0.29) is 0 Å². The first-order chi connectivity index (χ1) is 9.78. The van der Waals surface area contributed by atoms with Crippen molar-refractivity contribution in [3.8, 4) is 0 Å². The molecule has 2 unspecified atom stereocenters. The fraction of sp³-hybridized carbons (Fsp3) is 0.905. The average Bonchev–Trinajstić information content (AvgIpc) is 2.24. The second kappa shape index (κ2) is 8.41. The van der Waals surface area contributed by atoms with Crippen molar-refractivity contribution in [3.63, 3.8) is 0 Å². The van der Waals surface area contributed by atoms with E-state index in [4.69, 9.17) is 0 Å². The fourth-order valence-corrected chi connectivity index (χ4v) is 3.52. The molecule has 0 aromatic rings. The van der Waals surface area contributed by atoms with Gasteiger partial charge in [-0.25, -0.2) is 0 Å². The first-order valence-electron chi connectivity index (χ1n) is 9.22. The van der Waals surface area contributed by atoms with Crippen LogP contribution in [0, 0.1) is 28.6 Å². The van der Waals surface area contributed by atoms with Crippen LogP contribution < -0.4 is 5.32 Å². The number of hydrogen-bond donors (Lipinski definition) is 1.